The molecule has 0 spiro atoms. The smallest absolute Gasteiger partial charge is 0.308 e. The minimum absolute atomic E-state index is 0.0463. The normalized spacial score (nSPS) is 21.4. The first-order valence-electron chi connectivity index (χ1n) is 4.68. The highest BCUT2D eigenvalue weighted by atomic mass is 16.6. The van der Waals surface area contributed by atoms with E-state index in [-0.39, 0.29) is 11.9 Å². The summed E-state index contributed by atoms with van der Waals surface area (Å²) in [5, 5.41) is 0. The van der Waals surface area contributed by atoms with Gasteiger partial charge in [-0.15, -0.1) is 0 Å². The van der Waals surface area contributed by atoms with Gasteiger partial charge in [-0.25, -0.2) is 0 Å². The summed E-state index contributed by atoms with van der Waals surface area (Å²) < 4.78 is 14.1. The van der Waals surface area contributed by atoms with Crippen LogP contribution in [-0.2, 0) is 23.8 Å². The molecule has 2 aliphatic rings. The van der Waals surface area contributed by atoms with Crippen LogP contribution in [0.3, 0.4) is 0 Å². The number of carbonyl (C=O) groups is 2. The molecular weight excluding hydrogens is 188 g/mol. The van der Waals surface area contributed by atoms with Gasteiger partial charge in [0.25, 0.3) is 0 Å². The van der Waals surface area contributed by atoms with Crippen molar-refractivity contribution in [2.45, 2.75) is 19.3 Å². The molecule has 0 aromatic carbocycles. The van der Waals surface area contributed by atoms with Crippen LogP contribution in [0.2, 0.25) is 0 Å². The number of hydrogen-bond donors (Lipinski definition) is 0. The number of esters is 2. The van der Waals surface area contributed by atoms with Crippen LogP contribution >= 0.6 is 0 Å². The molecule has 14 heavy (non-hydrogen) atoms. The summed E-state index contributed by atoms with van der Waals surface area (Å²) in [6.07, 6.45) is 1.94. The minimum atomic E-state index is -0.150. The summed E-state index contributed by atoms with van der Waals surface area (Å²) in [7, 11) is 0. The van der Waals surface area contributed by atoms with E-state index in [2.05, 4.69) is 9.47 Å². The van der Waals surface area contributed by atoms with Crippen LogP contribution in [-0.4, -0.2) is 38.4 Å². The minimum Gasteiger partial charge on any atom is -0.466 e. The lowest BCUT2D eigenvalue weighted by Crippen LogP contribution is -2.02. The molecule has 2 fully saturated rings. The summed E-state index contributed by atoms with van der Waals surface area (Å²) in [4.78, 5) is 20.4. The van der Waals surface area contributed by atoms with Crippen molar-refractivity contribution < 1.29 is 23.8 Å². The molecule has 2 rings (SSSR count). The first kappa shape index (κ1) is 11.0. The maximum absolute atomic E-state index is 10.4. The number of hydrogen-bond acceptors (Lipinski definition) is 5. The fourth-order valence-electron chi connectivity index (χ4n) is 1.02. The molecule has 0 unspecified atom stereocenters. The van der Waals surface area contributed by atoms with Gasteiger partial charge in [0.15, 0.2) is 0 Å². The average Bonchev–Trinajstić information content (AvgIpc) is 2.51. The van der Waals surface area contributed by atoms with Crippen molar-refractivity contribution >= 4 is 11.9 Å². The van der Waals surface area contributed by atoms with E-state index in [4.69, 9.17) is 4.74 Å². The molecule has 0 aliphatic carbocycles. The summed E-state index contributed by atoms with van der Waals surface area (Å²) in [6, 6.07) is 0. The molecule has 0 aromatic rings. The van der Waals surface area contributed by atoms with Crippen molar-refractivity contribution in [2.24, 2.45) is 0 Å². The van der Waals surface area contributed by atoms with E-state index in [1.54, 1.807) is 0 Å². The van der Waals surface area contributed by atoms with Crippen molar-refractivity contribution in [1.82, 2.24) is 0 Å². The largest absolute Gasteiger partial charge is 0.466 e. The van der Waals surface area contributed by atoms with E-state index in [1.807, 2.05) is 0 Å². The predicted octanol–water partition coefficient (Wildman–Crippen LogP) is 0.273. The zero-order valence-corrected chi connectivity index (χ0v) is 7.99. The summed E-state index contributed by atoms with van der Waals surface area (Å²) >= 11 is 0. The lowest BCUT2D eigenvalue weighted by Gasteiger charge is -1.93. The molecule has 2 aliphatic heterocycles. The molecule has 0 aromatic heterocycles. The molecule has 80 valence electrons. The third-order valence-electron chi connectivity index (χ3n) is 1.73. The Labute approximate surface area is 82.3 Å². The van der Waals surface area contributed by atoms with Crippen LogP contribution in [0.1, 0.15) is 19.3 Å². The average molecular weight is 202 g/mol. The number of carbonyl (C=O) groups excluding carboxylic acids is 2. The van der Waals surface area contributed by atoms with E-state index in [9.17, 15) is 9.59 Å². The van der Waals surface area contributed by atoms with Crippen molar-refractivity contribution in [3.8, 4) is 0 Å². The van der Waals surface area contributed by atoms with Crippen LogP contribution in [0.25, 0.3) is 0 Å². The lowest BCUT2D eigenvalue weighted by atomic mass is 10.4. The molecule has 5 heteroatoms. The van der Waals surface area contributed by atoms with E-state index in [0.29, 0.717) is 39.3 Å². The topological polar surface area (TPSA) is 61.8 Å². The first-order valence-corrected chi connectivity index (χ1v) is 4.68. The van der Waals surface area contributed by atoms with Gasteiger partial charge in [-0.2, -0.15) is 0 Å². The molecule has 0 amide bonds. The molecule has 5 nitrogen and oxygen atoms in total. The fraction of sp³-hybridized carbons (Fsp3) is 0.778. The van der Waals surface area contributed by atoms with Gasteiger partial charge in [0.05, 0.1) is 26.2 Å². The SMILES string of the molecule is O=C1CCCO1.O=C1CCOCCO1. The molecule has 0 radical (unpaired) electrons. The Kier molecular flexibility index (Phi) is 4.99. The Bertz CT molecular complexity index is 183. The van der Waals surface area contributed by atoms with E-state index < -0.39 is 0 Å². The Morgan fingerprint density at radius 1 is 0.786 bits per heavy atom. The van der Waals surface area contributed by atoms with Crippen LogP contribution in [0.4, 0.5) is 0 Å². The summed E-state index contributed by atoms with van der Waals surface area (Å²) in [5.74, 6) is -0.197. The maximum Gasteiger partial charge on any atom is 0.308 e. The van der Waals surface area contributed by atoms with Crippen molar-refractivity contribution in [2.75, 3.05) is 26.4 Å². The summed E-state index contributed by atoms with van der Waals surface area (Å²) in [5.41, 5.74) is 0. The quantitative estimate of drug-likeness (QED) is 0.528. The van der Waals surface area contributed by atoms with Crippen molar-refractivity contribution in [3.63, 3.8) is 0 Å². The first-order chi connectivity index (χ1) is 6.79. The second-order valence-corrected chi connectivity index (χ2v) is 2.91. The molecule has 2 heterocycles. The second kappa shape index (κ2) is 6.37. The van der Waals surface area contributed by atoms with Crippen LogP contribution < -0.4 is 0 Å². The van der Waals surface area contributed by atoms with Crippen molar-refractivity contribution in [3.05, 3.63) is 0 Å². The van der Waals surface area contributed by atoms with E-state index in [0.717, 1.165) is 6.42 Å². The number of rotatable bonds is 0. The summed E-state index contributed by atoms with van der Waals surface area (Å²) in [6.45, 7) is 2.11. The van der Waals surface area contributed by atoms with Crippen LogP contribution in [0, 0.1) is 0 Å². The Morgan fingerprint density at radius 2 is 1.50 bits per heavy atom. The number of ether oxygens (including phenoxy) is 3. The highest BCUT2D eigenvalue weighted by Crippen LogP contribution is 2.01. The van der Waals surface area contributed by atoms with Crippen molar-refractivity contribution in [1.29, 1.82) is 0 Å². The molecule has 0 N–H and O–H groups in total. The molecule has 0 saturated carbocycles. The van der Waals surface area contributed by atoms with Gasteiger partial charge in [-0.05, 0) is 6.42 Å². The lowest BCUT2D eigenvalue weighted by molar-refractivity contribution is -0.142. The Hall–Kier alpha value is -1.10. The van der Waals surface area contributed by atoms with Gasteiger partial charge >= 0.3 is 11.9 Å². The molecule has 0 atom stereocenters. The molecular formula is C9H14O5. The zero-order valence-electron chi connectivity index (χ0n) is 7.99. The zero-order chi connectivity index (χ0) is 10.2. The van der Waals surface area contributed by atoms with Crippen LogP contribution in [0.15, 0.2) is 0 Å². The van der Waals surface area contributed by atoms with Gasteiger partial charge in [-0.3, -0.25) is 9.59 Å². The van der Waals surface area contributed by atoms with Gasteiger partial charge in [0.2, 0.25) is 0 Å². The monoisotopic (exact) mass is 202 g/mol. The Balaban J connectivity index is 0.000000146. The highest BCUT2D eigenvalue weighted by molar-refractivity contribution is 5.70. The van der Waals surface area contributed by atoms with Gasteiger partial charge in [0, 0.05) is 6.42 Å². The third-order valence-corrected chi connectivity index (χ3v) is 1.73. The maximum atomic E-state index is 10.4. The number of cyclic esters (lactones) is 2. The van der Waals surface area contributed by atoms with Gasteiger partial charge < -0.3 is 14.2 Å². The standard InChI is InChI=1S/C5H8O3.C4H6O2/c6-5-1-2-7-3-4-8-5;5-4-2-1-3-6-4/h1-4H2;1-3H2. The van der Waals surface area contributed by atoms with E-state index >= 15 is 0 Å². The Morgan fingerprint density at radius 3 is 2.07 bits per heavy atom. The van der Waals surface area contributed by atoms with Gasteiger partial charge in [0.1, 0.15) is 6.61 Å². The highest BCUT2D eigenvalue weighted by Gasteiger charge is 2.08. The molecule has 0 bridgehead atoms. The van der Waals surface area contributed by atoms with Gasteiger partial charge in [-0.1, -0.05) is 0 Å². The van der Waals surface area contributed by atoms with E-state index in [1.165, 1.54) is 0 Å². The molecule has 2 saturated heterocycles. The second-order valence-electron chi connectivity index (χ2n) is 2.91. The fourth-order valence-corrected chi connectivity index (χ4v) is 1.02. The third kappa shape index (κ3) is 4.81. The van der Waals surface area contributed by atoms with Crippen LogP contribution in [0.5, 0.6) is 0 Å². The predicted molar refractivity (Wildman–Crippen MR) is 46.6 cm³/mol.